The number of aliphatic carboxylic acids is 1. The third-order valence-electron chi connectivity index (χ3n) is 1.93. The van der Waals surface area contributed by atoms with Crippen LogP contribution in [0.2, 0.25) is 0 Å². The molecule has 5 nitrogen and oxygen atoms in total. The molecule has 1 N–H and O–H groups in total. The van der Waals surface area contributed by atoms with Gasteiger partial charge in [0.15, 0.2) is 5.16 Å². The van der Waals surface area contributed by atoms with Crippen molar-refractivity contribution in [3.63, 3.8) is 0 Å². The summed E-state index contributed by atoms with van der Waals surface area (Å²) in [5, 5.41) is 9.32. The monoisotopic (exact) mass is 258 g/mol. The van der Waals surface area contributed by atoms with E-state index in [1.54, 1.807) is 6.20 Å². The van der Waals surface area contributed by atoms with E-state index in [0.29, 0.717) is 19.1 Å². The van der Waals surface area contributed by atoms with Crippen LogP contribution in [-0.4, -0.2) is 39.6 Å². The zero-order valence-corrected chi connectivity index (χ0v) is 10.9. The first-order chi connectivity index (χ1) is 8.09. The molecule has 6 heteroatoms. The Morgan fingerprint density at radius 1 is 1.65 bits per heavy atom. The van der Waals surface area contributed by atoms with Crippen molar-refractivity contribution in [2.24, 2.45) is 5.92 Å². The van der Waals surface area contributed by atoms with E-state index in [0.717, 1.165) is 11.8 Å². The number of aromatic nitrogens is 2. The summed E-state index contributed by atoms with van der Waals surface area (Å²) in [6.45, 7) is 6.27. The molecular formula is C11H18N2O3S. The molecule has 0 spiro atoms. The molecular weight excluding hydrogens is 240 g/mol. The highest BCUT2D eigenvalue weighted by Crippen LogP contribution is 2.15. The van der Waals surface area contributed by atoms with Gasteiger partial charge in [0.25, 0.3) is 0 Å². The predicted molar refractivity (Wildman–Crippen MR) is 66.2 cm³/mol. The van der Waals surface area contributed by atoms with Gasteiger partial charge in [-0.2, -0.15) is 0 Å². The van der Waals surface area contributed by atoms with Gasteiger partial charge in [0.2, 0.25) is 0 Å². The van der Waals surface area contributed by atoms with E-state index in [1.807, 2.05) is 10.8 Å². The molecule has 1 aromatic rings. The van der Waals surface area contributed by atoms with Crippen LogP contribution >= 0.6 is 11.8 Å². The highest BCUT2D eigenvalue weighted by molar-refractivity contribution is 7.99. The van der Waals surface area contributed by atoms with Crippen LogP contribution < -0.4 is 0 Å². The quantitative estimate of drug-likeness (QED) is 0.568. The van der Waals surface area contributed by atoms with Gasteiger partial charge in [0.1, 0.15) is 0 Å². The number of rotatable bonds is 8. The van der Waals surface area contributed by atoms with Crippen molar-refractivity contribution in [2.75, 3.05) is 19.0 Å². The maximum Gasteiger partial charge on any atom is 0.313 e. The van der Waals surface area contributed by atoms with Crippen molar-refractivity contribution < 1.29 is 14.6 Å². The number of thioether (sulfide) groups is 1. The second-order valence-electron chi connectivity index (χ2n) is 4.05. The van der Waals surface area contributed by atoms with E-state index < -0.39 is 5.97 Å². The molecule has 1 aromatic heterocycles. The minimum absolute atomic E-state index is 0.0316. The van der Waals surface area contributed by atoms with Gasteiger partial charge >= 0.3 is 5.97 Å². The van der Waals surface area contributed by atoms with Crippen molar-refractivity contribution in [3.8, 4) is 0 Å². The molecule has 0 aliphatic heterocycles. The molecule has 0 atom stereocenters. The highest BCUT2D eigenvalue weighted by atomic mass is 32.2. The first-order valence-corrected chi connectivity index (χ1v) is 6.51. The Hall–Kier alpha value is -1.01. The second kappa shape index (κ2) is 7.34. The van der Waals surface area contributed by atoms with Gasteiger partial charge in [-0.1, -0.05) is 25.6 Å². The molecule has 1 heterocycles. The summed E-state index contributed by atoms with van der Waals surface area (Å²) in [6, 6.07) is 0. The molecule has 0 aliphatic rings. The topological polar surface area (TPSA) is 64.4 Å². The molecule has 96 valence electrons. The Morgan fingerprint density at radius 2 is 2.41 bits per heavy atom. The van der Waals surface area contributed by atoms with Crippen LogP contribution in [0.4, 0.5) is 0 Å². The van der Waals surface area contributed by atoms with Gasteiger partial charge in [0, 0.05) is 25.5 Å². The van der Waals surface area contributed by atoms with Crippen LogP contribution in [0.5, 0.6) is 0 Å². The fourth-order valence-corrected chi connectivity index (χ4v) is 1.92. The molecule has 0 amide bonds. The zero-order chi connectivity index (χ0) is 12.7. The van der Waals surface area contributed by atoms with E-state index in [4.69, 9.17) is 9.84 Å². The van der Waals surface area contributed by atoms with E-state index in [2.05, 4.69) is 18.8 Å². The Morgan fingerprint density at radius 3 is 3.06 bits per heavy atom. The molecule has 0 saturated carbocycles. The Bertz CT molecular complexity index is 352. The Labute approximate surface area is 105 Å². The smallest absolute Gasteiger partial charge is 0.313 e. The predicted octanol–water partition coefficient (Wildman–Crippen LogP) is 1.73. The molecule has 0 radical (unpaired) electrons. The maximum atomic E-state index is 10.5. The fraction of sp³-hybridized carbons (Fsp3) is 0.636. The van der Waals surface area contributed by atoms with E-state index in [-0.39, 0.29) is 5.75 Å². The molecule has 0 unspecified atom stereocenters. The lowest BCUT2D eigenvalue weighted by atomic mass is 10.2. The number of nitrogens with zero attached hydrogens (tertiary/aromatic N) is 2. The SMILES string of the molecule is CC(C)COCCn1ccnc1SCC(=O)O. The van der Waals surface area contributed by atoms with Gasteiger partial charge < -0.3 is 14.4 Å². The average molecular weight is 258 g/mol. The van der Waals surface area contributed by atoms with E-state index in [9.17, 15) is 4.79 Å². The summed E-state index contributed by atoms with van der Waals surface area (Å²) >= 11 is 1.22. The lowest BCUT2D eigenvalue weighted by molar-refractivity contribution is -0.133. The number of carboxylic acids is 1. The number of carbonyl (C=O) groups is 1. The molecule has 0 bridgehead atoms. The standard InChI is InChI=1S/C11H18N2O3S/c1-9(2)7-16-6-5-13-4-3-12-11(13)17-8-10(14)15/h3-4,9H,5-8H2,1-2H3,(H,14,15). The molecule has 1 rings (SSSR count). The summed E-state index contributed by atoms with van der Waals surface area (Å²) in [4.78, 5) is 14.6. The van der Waals surface area contributed by atoms with Crippen molar-refractivity contribution in [1.29, 1.82) is 0 Å². The van der Waals surface area contributed by atoms with Gasteiger partial charge in [-0.05, 0) is 5.92 Å². The third kappa shape index (κ3) is 5.74. The van der Waals surface area contributed by atoms with Crippen molar-refractivity contribution >= 4 is 17.7 Å². The lowest BCUT2D eigenvalue weighted by Gasteiger charge is -2.09. The highest BCUT2D eigenvalue weighted by Gasteiger charge is 2.06. The van der Waals surface area contributed by atoms with Gasteiger partial charge in [-0.25, -0.2) is 4.98 Å². The summed E-state index contributed by atoms with van der Waals surface area (Å²) < 4.78 is 7.39. The first kappa shape index (κ1) is 14.1. The van der Waals surface area contributed by atoms with Crippen LogP contribution in [-0.2, 0) is 16.1 Å². The largest absolute Gasteiger partial charge is 0.481 e. The van der Waals surface area contributed by atoms with Crippen LogP contribution in [0.1, 0.15) is 13.8 Å². The lowest BCUT2D eigenvalue weighted by Crippen LogP contribution is -2.10. The third-order valence-corrected chi connectivity index (χ3v) is 2.92. The molecule has 0 fully saturated rings. The van der Waals surface area contributed by atoms with E-state index >= 15 is 0 Å². The van der Waals surface area contributed by atoms with Crippen LogP contribution in [0.15, 0.2) is 17.6 Å². The minimum Gasteiger partial charge on any atom is -0.481 e. The molecule has 0 aliphatic carbocycles. The summed E-state index contributed by atoms with van der Waals surface area (Å²) in [5.74, 6) is -0.275. The van der Waals surface area contributed by atoms with Gasteiger partial charge in [0.05, 0.1) is 12.4 Å². The average Bonchev–Trinajstić information content (AvgIpc) is 2.68. The van der Waals surface area contributed by atoms with Crippen molar-refractivity contribution in [2.45, 2.75) is 25.5 Å². The fourth-order valence-electron chi connectivity index (χ4n) is 1.21. The van der Waals surface area contributed by atoms with E-state index in [1.165, 1.54) is 11.8 Å². The summed E-state index contributed by atoms with van der Waals surface area (Å²) in [7, 11) is 0. The van der Waals surface area contributed by atoms with Crippen LogP contribution in [0.3, 0.4) is 0 Å². The second-order valence-corrected chi connectivity index (χ2v) is 5.00. The first-order valence-electron chi connectivity index (χ1n) is 5.53. The Kier molecular flexibility index (Phi) is 6.07. The minimum atomic E-state index is -0.833. The normalized spacial score (nSPS) is 11.0. The number of imidazole rings is 1. The summed E-state index contributed by atoms with van der Waals surface area (Å²) in [5.41, 5.74) is 0. The summed E-state index contributed by atoms with van der Waals surface area (Å²) in [6.07, 6.45) is 3.51. The van der Waals surface area contributed by atoms with Crippen LogP contribution in [0, 0.1) is 5.92 Å². The molecule has 0 aromatic carbocycles. The van der Waals surface area contributed by atoms with Crippen molar-refractivity contribution in [3.05, 3.63) is 12.4 Å². The maximum absolute atomic E-state index is 10.5. The van der Waals surface area contributed by atoms with Gasteiger partial charge in [-0.15, -0.1) is 0 Å². The zero-order valence-electron chi connectivity index (χ0n) is 10.1. The molecule has 0 saturated heterocycles. The Balaban J connectivity index is 2.32. The number of hydrogen-bond donors (Lipinski definition) is 1. The number of hydrogen-bond acceptors (Lipinski definition) is 4. The number of carboxylic acid groups (broad SMARTS) is 1. The number of ether oxygens (including phenoxy) is 1. The van der Waals surface area contributed by atoms with Crippen LogP contribution in [0.25, 0.3) is 0 Å². The van der Waals surface area contributed by atoms with Crippen molar-refractivity contribution in [1.82, 2.24) is 9.55 Å². The molecule has 17 heavy (non-hydrogen) atoms. The van der Waals surface area contributed by atoms with Gasteiger partial charge in [-0.3, -0.25) is 4.79 Å².